The van der Waals surface area contributed by atoms with E-state index in [0.717, 1.165) is 18.2 Å². The Balaban J connectivity index is 2.57. The first kappa shape index (κ1) is 15.2. The smallest absolute Gasteiger partial charge is 0.279 e. The fourth-order valence-electron chi connectivity index (χ4n) is 1.53. The summed E-state index contributed by atoms with van der Waals surface area (Å²) in [5, 5.41) is -0.538. The first-order valence-electron chi connectivity index (χ1n) is 5.62. The molecular weight excluding hydrogens is 308 g/mol. The Labute approximate surface area is 115 Å². The van der Waals surface area contributed by atoms with Crippen molar-refractivity contribution in [3.8, 4) is 0 Å². The molecule has 20 heavy (non-hydrogen) atoms. The molecule has 0 aliphatic heterocycles. The average Bonchev–Trinajstić information content (AvgIpc) is 3.12. The summed E-state index contributed by atoms with van der Waals surface area (Å²) in [6, 6.07) is 2.33. The fraction of sp³-hybridized carbons (Fsp3) is 0.417. The minimum Gasteiger partial charge on any atom is -0.279 e. The average molecular weight is 316 g/mol. The summed E-state index contributed by atoms with van der Waals surface area (Å²) in [5.74, 6) is -6.57. The van der Waals surface area contributed by atoms with Crippen LogP contribution in [0.25, 0.3) is 0 Å². The molecule has 8 heteroatoms. The van der Waals surface area contributed by atoms with Gasteiger partial charge >= 0.3 is 12.1 Å². The molecule has 1 nitrogen and oxygen atoms in total. The van der Waals surface area contributed by atoms with Gasteiger partial charge in [-0.25, -0.2) is 4.39 Å². The maximum Gasteiger partial charge on any atom is 0.459 e. The summed E-state index contributed by atoms with van der Waals surface area (Å²) in [4.78, 5) is 3.35. The van der Waals surface area contributed by atoms with Crippen LogP contribution in [0.1, 0.15) is 18.4 Å². The highest BCUT2D eigenvalue weighted by Crippen LogP contribution is 2.41. The minimum atomic E-state index is -5.85. The van der Waals surface area contributed by atoms with Crippen molar-refractivity contribution in [3.05, 3.63) is 34.6 Å². The molecule has 1 aromatic carbocycles. The van der Waals surface area contributed by atoms with Crippen LogP contribution in [0.4, 0.5) is 26.3 Å². The molecular formula is C12H8ClF6N. The van der Waals surface area contributed by atoms with Crippen LogP contribution in [0, 0.1) is 5.82 Å². The Hall–Kier alpha value is -1.24. The van der Waals surface area contributed by atoms with Crippen molar-refractivity contribution in [2.24, 2.45) is 4.99 Å². The van der Waals surface area contributed by atoms with Crippen molar-refractivity contribution in [3.63, 3.8) is 0 Å². The molecule has 110 valence electrons. The monoisotopic (exact) mass is 315 g/mol. The predicted molar refractivity (Wildman–Crippen MR) is 62.0 cm³/mol. The SMILES string of the molecule is Fc1c(Cl)cccc1/C(=N\C1CC1)C(F)(F)C(F)(F)F. The van der Waals surface area contributed by atoms with Crippen LogP contribution in [-0.2, 0) is 0 Å². The van der Waals surface area contributed by atoms with E-state index in [1.807, 2.05) is 0 Å². The van der Waals surface area contributed by atoms with Gasteiger partial charge < -0.3 is 0 Å². The largest absolute Gasteiger partial charge is 0.459 e. The first-order valence-corrected chi connectivity index (χ1v) is 5.99. The van der Waals surface area contributed by atoms with Gasteiger partial charge in [0, 0.05) is 5.56 Å². The summed E-state index contributed by atoms with van der Waals surface area (Å²) in [7, 11) is 0. The van der Waals surface area contributed by atoms with E-state index in [2.05, 4.69) is 4.99 Å². The summed E-state index contributed by atoms with van der Waals surface area (Å²) in [5.41, 5.74) is -2.54. The number of aliphatic imine (C=N–C) groups is 1. The van der Waals surface area contributed by atoms with E-state index in [-0.39, 0.29) is 0 Å². The van der Waals surface area contributed by atoms with E-state index in [1.165, 1.54) is 0 Å². The Morgan fingerprint density at radius 2 is 1.75 bits per heavy atom. The highest BCUT2D eigenvalue weighted by Gasteiger charge is 2.62. The number of benzene rings is 1. The standard InChI is InChI=1S/C12H8ClF6N/c13-8-3-1-2-7(9(8)14)10(20-6-4-5-6)11(15,16)12(17,18)19/h1-3,6H,4-5H2/b20-10+. The van der Waals surface area contributed by atoms with Crippen LogP contribution >= 0.6 is 11.6 Å². The predicted octanol–water partition coefficient (Wildman–Crippen LogP) is 4.63. The summed E-state index contributed by atoms with van der Waals surface area (Å²) in [6.45, 7) is 0. The lowest BCUT2D eigenvalue weighted by Crippen LogP contribution is -2.45. The van der Waals surface area contributed by atoms with Gasteiger partial charge in [0.05, 0.1) is 11.1 Å². The second-order valence-corrected chi connectivity index (χ2v) is 4.79. The minimum absolute atomic E-state index is 0.402. The van der Waals surface area contributed by atoms with Crippen LogP contribution in [-0.4, -0.2) is 23.9 Å². The molecule has 1 aliphatic rings. The molecule has 0 N–H and O–H groups in total. The van der Waals surface area contributed by atoms with Gasteiger partial charge in [0.2, 0.25) is 0 Å². The van der Waals surface area contributed by atoms with Crippen molar-refractivity contribution >= 4 is 17.3 Å². The van der Waals surface area contributed by atoms with Gasteiger partial charge in [-0.3, -0.25) is 4.99 Å². The molecule has 0 radical (unpaired) electrons. The van der Waals surface area contributed by atoms with Gasteiger partial charge in [0.15, 0.2) is 5.82 Å². The summed E-state index contributed by atoms with van der Waals surface area (Å²) in [6.07, 6.45) is -5.05. The van der Waals surface area contributed by atoms with E-state index in [9.17, 15) is 26.3 Å². The maximum absolute atomic E-state index is 13.7. The second kappa shape index (κ2) is 4.95. The third-order valence-electron chi connectivity index (χ3n) is 2.72. The number of alkyl halides is 5. The topological polar surface area (TPSA) is 12.4 Å². The number of rotatable bonds is 3. The second-order valence-electron chi connectivity index (χ2n) is 4.38. The van der Waals surface area contributed by atoms with Crippen LogP contribution in [0.2, 0.25) is 5.02 Å². The third kappa shape index (κ3) is 2.77. The summed E-state index contributed by atoms with van der Waals surface area (Å²) < 4.78 is 78.2. The number of hydrogen-bond donors (Lipinski definition) is 0. The lowest BCUT2D eigenvalue weighted by atomic mass is 10.0. The molecule has 0 saturated heterocycles. The van der Waals surface area contributed by atoms with E-state index in [0.29, 0.717) is 12.8 Å². The van der Waals surface area contributed by atoms with Crippen molar-refractivity contribution in [2.45, 2.75) is 31.0 Å². The van der Waals surface area contributed by atoms with E-state index < -0.39 is 40.3 Å². The van der Waals surface area contributed by atoms with Crippen molar-refractivity contribution in [2.75, 3.05) is 0 Å². The quantitative estimate of drug-likeness (QED) is 0.570. The van der Waals surface area contributed by atoms with Gasteiger partial charge in [-0.2, -0.15) is 22.0 Å². The van der Waals surface area contributed by atoms with E-state index >= 15 is 0 Å². The van der Waals surface area contributed by atoms with E-state index in [1.54, 1.807) is 0 Å². The molecule has 1 aliphatic carbocycles. The molecule has 1 aromatic rings. The zero-order chi connectivity index (χ0) is 15.1. The maximum atomic E-state index is 13.7. The van der Waals surface area contributed by atoms with Crippen molar-refractivity contribution < 1.29 is 26.3 Å². The zero-order valence-corrected chi connectivity index (χ0v) is 10.6. The molecule has 0 spiro atoms. The normalized spacial score (nSPS) is 17.4. The van der Waals surface area contributed by atoms with Gasteiger partial charge in [0.25, 0.3) is 0 Å². The summed E-state index contributed by atoms with van der Waals surface area (Å²) >= 11 is 5.42. The van der Waals surface area contributed by atoms with Gasteiger partial charge in [-0.1, -0.05) is 17.7 Å². The van der Waals surface area contributed by atoms with Gasteiger partial charge in [0.1, 0.15) is 5.71 Å². The number of nitrogens with zero attached hydrogens (tertiary/aromatic N) is 1. The third-order valence-corrected chi connectivity index (χ3v) is 3.01. The molecule has 1 fully saturated rings. The lowest BCUT2D eigenvalue weighted by Gasteiger charge is -2.22. The lowest BCUT2D eigenvalue weighted by molar-refractivity contribution is -0.249. The fourth-order valence-corrected chi connectivity index (χ4v) is 1.70. The van der Waals surface area contributed by atoms with Crippen LogP contribution < -0.4 is 0 Å². The molecule has 2 rings (SSSR count). The highest BCUT2D eigenvalue weighted by molar-refractivity contribution is 6.31. The van der Waals surface area contributed by atoms with Crippen LogP contribution in [0.3, 0.4) is 0 Å². The molecule has 0 aromatic heterocycles. The van der Waals surface area contributed by atoms with Crippen LogP contribution in [0.5, 0.6) is 0 Å². The Morgan fingerprint density at radius 3 is 2.25 bits per heavy atom. The Bertz CT molecular complexity index is 547. The van der Waals surface area contributed by atoms with E-state index in [4.69, 9.17) is 11.6 Å². The Morgan fingerprint density at radius 1 is 1.15 bits per heavy atom. The molecule has 0 unspecified atom stereocenters. The van der Waals surface area contributed by atoms with Crippen molar-refractivity contribution in [1.29, 1.82) is 0 Å². The molecule has 0 bridgehead atoms. The van der Waals surface area contributed by atoms with Gasteiger partial charge in [-0.15, -0.1) is 0 Å². The highest BCUT2D eigenvalue weighted by atomic mass is 35.5. The Kier molecular flexibility index (Phi) is 3.75. The molecule has 0 amide bonds. The molecule has 0 atom stereocenters. The molecule has 0 heterocycles. The van der Waals surface area contributed by atoms with Crippen LogP contribution in [0.15, 0.2) is 23.2 Å². The number of hydrogen-bond acceptors (Lipinski definition) is 1. The van der Waals surface area contributed by atoms with Crippen molar-refractivity contribution in [1.82, 2.24) is 0 Å². The number of halogens is 7. The van der Waals surface area contributed by atoms with Gasteiger partial charge in [-0.05, 0) is 25.0 Å². The molecule has 1 saturated carbocycles. The zero-order valence-electron chi connectivity index (χ0n) is 9.82. The first-order chi connectivity index (χ1) is 9.14.